The average Bonchev–Trinajstić information content (AvgIpc) is 2.70. The summed E-state index contributed by atoms with van der Waals surface area (Å²) < 4.78 is 26.3. The lowest BCUT2D eigenvalue weighted by atomic mass is 10.1. The van der Waals surface area contributed by atoms with Crippen LogP contribution in [0, 0.1) is 21.7 Å². The minimum atomic E-state index is -1.03. The van der Waals surface area contributed by atoms with Crippen LogP contribution in [0.5, 0.6) is 0 Å². The van der Waals surface area contributed by atoms with Crippen molar-refractivity contribution in [1.29, 1.82) is 0 Å². The molecule has 0 aromatic heterocycles. The van der Waals surface area contributed by atoms with E-state index in [4.69, 9.17) is 11.6 Å². The van der Waals surface area contributed by atoms with Gasteiger partial charge in [-0.1, -0.05) is 11.6 Å². The van der Waals surface area contributed by atoms with Crippen molar-refractivity contribution < 1.29 is 18.5 Å². The molecule has 1 atom stereocenters. The van der Waals surface area contributed by atoms with Gasteiger partial charge in [-0.3, -0.25) is 19.8 Å². The van der Waals surface area contributed by atoms with Crippen molar-refractivity contribution in [3.05, 3.63) is 63.2 Å². The fourth-order valence-electron chi connectivity index (χ4n) is 3.25. The molecule has 0 radical (unpaired) electrons. The molecule has 154 valence electrons. The molecule has 1 fully saturated rings. The number of piperazine rings is 1. The van der Waals surface area contributed by atoms with E-state index in [1.54, 1.807) is 19.1 Å². The molecule has 1 saturated heterocycles. The number of nitrogens with zero attached hydrogens (tertiary/aromatic N) is 3. The molecule has 1 unspecified atom stereocenters. The number of nitro benzene ring substituents is 1. The van der Waals surface area contributed by atoms with Gasteiger partial charge in [-0.05, 0) is 31.2 Å². The summed E-state index contributed by atoms with van der Waals surface area (Å²) in [5.41, 5.74) is 0.601. The van der Waals surface area contributed by atoms with Crippen LogP contribution in [0.4, 0.5) is 25.8 Å². The van der Waals surface area contributed by atoms with Gasteiger partial charge >= 0.3 is 0 Å². The minimum Gasteiger partial charge on any atom is -0.363 e. The third-order valence-corrected chi connectivity index (χ3v) is 5.14. The highest BCUT2D eigenvalue weighted by Crippen LogP contribution is 2.31. The van der Waals surface area contributed by atoms with Crippen molar-refractivity contribution in [1.82, 2.24) is 4.90 Å². The quantitative estimate of drug-likeness (QED) is 0.585. The number of nitrogens with one attached hydrogen (secondary N) is 1. The molecule has 7 nitrogen and oxygen atoms in total. The first-order valence-electron chi connectivity index (χ1n) is 8.95. The number of hydrogen-bond acceptors (Lipinski definition) is 5. The van der Waals surface area contributed by atoms with Gasteiger partial charge in [0.1, 0.15) is 5.69 Å². The van der Waals surface area contributed by atoms with Crippen LogP contribution in [0.25, 0.3) is 0 Å². The van der Waals surface area contributed by atoms with Crippen LogP contribution in [-0.2, 0) is 4.79 Å². The SMILES string of the molecule is CC(C(=O)Nc1ccc(F)c(F)c1)N1CCN(c2ccc(Cl)cc2[N+](=O)[O-])CC1. The van der Waals surface area contributed by atoms with Crippen LogP contribution in [0.1, 0.15) is 6.92 Å². The first-order valence-corrected chi connectivity index (χ1v) is 9.33. The maximum absolute atomic E-state index is 13.3. The standard InChI is InChI=1S/C19H19ClF2N4O3/c1-12(19(27)23-14-3-4-15(21)16(22)11-14)24-6-8-25(9-7-24)17-5-2-13(20)10-18(17)26(28)29/h2-5,10-12H,6-9H2,1H3,(H,23,27). The maximum Gasteiger partial charge on any atom is 0.294 e. The van der Waals surface area contributed by atoms with Crippen molar-refractivity contribution in [3.8, 4) is 0 Å². The van der Waals surface area contributed by atoms with Gasteiger partial charge in [-0.2, -0.15) is 0 Å². The Balaban J connectivity index is 1.62. The van der Waals surface area contributed by atoms with Crippen molar-refractivity contribution in [2.24, 2.45) is 0 Å². The zero-order valence-corrected chi connectivity index (χ0v) is 16.3. The van der Waals surface area contributed by atoms with E-state index < -0.39 is 22.6 Å². The summed E-state index contributed by atoms with van der Waals surface area (Å²) in [6, 6.07) is 7.21. The fraction of sp³-hybridized carbons (Fsp3) is 0.316. The molecule has 1 aliphatic heterocycles. The Morgan fingerprint density at radius 1 is 1.14 bits per heavy atom. The molecule has 10 heteroatoms. The molecule has 0 aliphatic carbocycles. The van der Waals surface area contributed by atoms with Crippen LogP contribution >= 0.6 is 11.6 Å². The summed E-state index contributed by atoms with van der Waals surface area (Å²) >= 11 is 5.86. The molecule has 3 rings (SSSR count). The van der Waals surface area contributed by atoms with Crippen LogP contribution in [0.2, 0.25) is 5.02 Å². The summed E-state index contributed by atoms with van der Waals surface area (Å²) in [5.74, 6) is -2.36. The van der Waals surface area contributed by atoms with Gasteiger partial charge in [0.15, 0.2) is 11.6 Å². The zero-order chi connectivity index (χ0) is 21.1. The van der Waals surface area contributed by atoms with Crippen LogP contribution in [0.3, 0.4) is 0 Å². The van der Waals surface area contributed by atoms with E-state index in [2.05, 4.69) is 5.32 Å². The van der Waals surface area contributed by atoms with E-state index in [1.165, 1.54) is 12.1 Å². The Morgan fingerprint density at radius 2 is 1.83 bits per heavy atom. The largest absolute Gasteiger partial charge is 0.363 e. The number of amides is 1. The van der Waals surface area contributed by atoms with E-state index in [0.29, 0.717) is 36.9 Å². The van der Waals surface area contributed by atoms with E-state index in [1.807, 2.05) is 9.80 Å². The summed E-state index contributed by atoms with van der Waals surface area (Å²) in [6.07, 6.45) is 0. The number of halogens is 3. The average molecular weight is 425 g/mol. The second-order valence-electron chi connectivity index (χ2n) is 6.71. The molecule has 1 heterocycles. The van der Waals surface area contributed by atoms with E-state index in [0.717, 1.165) is 12.1 Å². The third kappa shape index (κ3) is 4.80. The van der Waals surface area contributed by atoms with E-state index in [9.17, 15) is 23.7 Å². The van der Waals surface area contributed by atoms with Crippen molar-refractivity contribution in [2.75, 3.05) is 36.4 Å². The Kier molecular flexibility index (Phi) is 6.29. The summed E-state index contributed by atoms with van der Waals surface area (Å²) in [6.45, 7) is 3.71. The number of carbonyl (C=O) groups excluding carboxylic acids is 1. The van der Waals surface area contributed by atoms with Crippen molar-refractivity contribution in [2.45, 2.75) is 13.0 Å². The van der Waals surface area contributed by atoms with Gasteiger partial charge in [-0.25, -0.2) is 8.78 Å². The number of benzene rings is 2. The molecule has 0 bridgehead atoms. The molecule has 0 saturated carbocycles. The highest BCUT2D eigenvalue weighted by Gasteiger charge is 2.28. The van der Waals surface area contributed by atoms with Gasteiger partial charge < -0.3 is 10.2 Å². The van der Waals surface area contributed by atoms with Crippen molar-refractivity contribution >= 4 is 34.6 Å². The molecule has 29 heavy (non-hydrogen) atoms. The third-order valence-electron chi connectivity index (χ3n) is 4.90. The molecule has 2 aromatic rings. The fourth-order valence-corrected chi connectivity index (χ4v) is 3.41. The molecule has 1 amide bonds. The summed E-state index contributed by atoms with van der Waals surface area (Å²) in [7, 11) is 0. The van der Waals surface area contributed by atoms with Gasteiger partial charge in [0.25, 0.3) is 5.69 Å². The monoisotopic (exact) mass is 424 g/mol. The minimum absolute atomic E-state index is 0.0601. The smallest absolute Gasteiger partial charge is 0.294 e. The highest BCUT2D eigenvalue weighted by atomic mass is 35.5. The summed E-state index contributed by atoms with van der Waals surface area (Å²) in [4.78, 5) is 27.1. The van der Waals surface area contributed by atoms with Crippen LogP contribution < -0.4 is 10.2 Å². The predicted octanol–water partition coefficient (Wildman–Crippen LogP) is 3.68. The van der Waals surface area contributed by atoms with Gasteiger partial charge in [0.05, 0.1) is 11.0 Å². The van der Waals surface area contributed by atoms with E-state index in [-0.39, 0.29) is 17.3 Å². The first-order chi connectivity index (χ1) is 13.8. The van der Waals surface area contributed by atoms with Gasteiger partial charge in [0, 0.05) is 49.0 Å². The Morgan fingerprint density at radius 3 is 2.45 bits per heavy atom. The number of hydrogen-bond donors (Lipinski definition) is 1. The molecule has 1 N–H and O–H groups in total. The molecular formula is C19H19ClF2N4O3. The second-order valence-corrected chi connectivity index (χ2v) is 7.14. The number of carbonyl (C=O) groups is 1. The van der Waals surface area contributed by atoms with Gasteiger partial charge in [-0.15, -0.1) is 0 Å². The second kappa shape index (κ2) is 8.71. The lowest BCUT2D eigenvalue weighted by Crippen LogP contribution is -2.53. The Bertz CT molecular complexity index is 936. The molecular weight excluding hydrogens is 406 g/mol. The van der Waals surface area contributed by atoms with Crippen LogP contribution in [0.15, 0.2) is 36.4 Å². The first kappa shape index (κ1) is 20.9. The number of nitro groups is 1. The normalized spacial score (nSPS) is 15.8. The summed E-state index contributed by atoms with van der Waals surface area (Å²) in [5, 5.41) is 14.2. The van der Waals surface area contributed by atoms with Gasteiger partial charge in [0.2, 0.25) is 5.91 Å². The number of rotatable bonds is 5. The molecule has 0 spiro atoms. The predicted molar refractivity (Wildman–Crippen MR) is 106 cm³/mol. The lowest BCUT2D eigenvalue weighted by Gasteiger charge is -2.38. The topological polar surface area (TPSA) is 78.7 Å². The maximum atomic E-state index is 13.3. The molecule has 1 aliphatic rings. The Hall–Kier alpha value is -2.78. The molecule has 2 aromatic carbocycles. The highest BCUT2D eigenvalue weighted by molar-refractivity contribution is 6.30. The Labute approximate surface area is 171 Å². The lowest BCUT2D eigenvalue weighted by molar-refractivity contribution is -0.384. The van der Waals surface area contributed by atoms with E-state index >= 15 is 0 Å². The van der Waals surface area contributed by atoms with Crippen molar-refractivity contribution in [3.63, 3.8) is 0 Å². The number of anilines is 2. The zero-order valence-electron chi connectivity index (χ0n) is 15.6. The van der Waals surface area contributed by atoms with Crippen LogP contribution in [-0.4, -0.2) is 48.0 Å².